The molecule has 0 bridgehead atoms. The van der Waals surface area contributed by atoms with Crippen molar-refractivity contribution in [3.63, 3.8) is 0 Å². The van der Waals surface area contributed by atoms with Gasteiger partial charge in [-0.3, -0.25) is 0 Å². The van der Waals surface area contributed by atoms with Crippen molar-refractivity contribution in [1.82, 2.24) is 4.98 Å². The molecule has 32 heavy (non-hydrogen) atoms. The van der Waals surface area contributed by atoms with Crippen LogP contribution in [0.25, 0.3) is 9.53 Å². The van der Waals surface area contributed by atoms with Crippen molar-refractivity contribution < 1.29 is 9.53 Å². The van der Waals surface area contributed by atoms with Gasteiger partial charge in [-0.05, 0) is 75.8 Å². The number of rotatable bonds is 8. The Labute approximate surface area is 197 Å². The fraction of sp³-hybridized carbons (Fsp3) is 0.500. The monoisotopic (exact) mass is 470 g/mol. The number of anilines is 1. The van der Waals surface area contributed by atoms with Gasteiger partial charge in [0.05, 0.1) is 10.4 Å². The number of thiazole rings is 1. The lowest BCUT2D eigenvalue weighted by Gasteiger charge is -2.27. The number of nitrogens with zero attached hydrogens (tertiary/aromatic N) is 4. The third-order valence-corrected chi connectivity index (χ3v) is 8.18. The summed E-state index contributed by atoms with van der Waals surface area (Å²) < 4.78 is 6.70. The molecule has 0 saturated heterocycles. The van der Waals surface area contributed by atoms with Crippen molar-refractivity contribution in [2.45, 2.75) is 59.0 Å². The second-order valence-electron chi connectivity index (χ2n) is 8.12. The quantitative estimate of drug-likeness (QED) is 0.249. The SMILES string of the molecule is CCC1CCC(OC(=O)c2cc3sc(N=Nc4ccc(N(CC)CC)cc4)nc3s2)CC1. The van der Waals surface area contributed by atoms with Crippen molar-refractivity contribution in [3.8, 4) is 0 Å². The summed E-state index contributed by atoms with van der Waals surface area (Å²) in [6.07, 6.45) is 5.53. The number of thiophene rings is 1. The molecule has 2 heterocycles. The van der Waals surface area contributed by atoms with Gasteiger partial charge in [-0.25, -0.2) is 9.78 Å². The molecule has 0 atom stereocenters. The molecule has 1 aromatic carbocycles. The Morgan fingerprint density at radius 1 is 1.06 bits per heavy atom. The maximum atomic E-state index is 12.6. The van der Waals surface area contributed by atoms with Crippen molar-refractivity contribution >= 4 is 54.7 Å². The van der Waals surface area contributed by atoms with E-state index in [9.17, 15) is 4.79 Å². The summed E-state index contributed by atoms with van der Waals surface area (Å²) >= 11 is 2.81. The van der Waals surface area contributed by atoms with Crippen LogP contribution in [0.1, 0.15) is 62.5 Å². The zero-order valence-electron chi connectivity index (χ0n) is 18.9. The first kappa shape index (κ1) is 22.9. The zero-order valence-corrected chi connectivity index (χ0v) is 20.5. The molecule has 0 radical (unpaired) electrons. The van der Waals surface area contributed by atoms with Crippen molar-refractivity contribution in [1.29, 1.82) is 0 Å². The maximum Gasteiger partial charge on any atom is 0.348 e. The summed E-state index contributed by atoms with van der Waals surface area (Å²) in [6.45, 7) is 8.48. The van der Waals surface area contributed by atoms with Crippen LogP contribution < -0.4 is 4.90 Å². The molecule has 3 aromatic rings. The number of carbonyl (C=O) groups is 1. The molecule has 0 unspecified atom stereocenters. The minimum atomic E-state index is -0.225. The van der Waals surface area contributed by atoms with E-state index >= 15 is 0 Å². The highest BCUT2D eigenvalue weighted by Gasteiger charge is 2.24. The largest absolute Gasteiger partial charge is 0.458 e. The Morgan fingerprint density at radius 3 is 2.41 bits per heavy atom. The normalized spacial score (nSPS) is 19.0. The number of esters is 1. The number of ether oxygens (including phenoxy) is 1. The van der Waals surface area contributed by atoms with Crippen molar-refractivity contribution in [3.05, 3.63) is 35.2 Å². The highest BCUT2D eigenvalue weighted by Crippen LogP contribution is 2.36. The van der Waals surface area contributed by atoms with Crippen LogP contribution in [0.4, 0.5) is 16.5 Å². The van der Waals surface area contributed by atoms with Crippen LogP contribution in [0.5, 0.6) is 0 Å². The fourth-order valence-electron chi connectivity index (χ4n) is 4.15. The Hall–Kier alpha value is -2.32. The van der Waals surface area contributed by atoms with E-state index in [0.29, 0.717) is 10.0 Å². The van der Waals surface area contributed by atoms with Crippen LogP contribution >= 0.6 is 22.7 Å². The Morgan fingerprint density at radius 2 is 1.78 bits per heavy atom. The third-order valence-electron chi connectivity index (χ3n) is 6.15. The molecule has 1 fully saturated rings. The lowest BCUT2D eigenvalue weighted by Crippen LogP contribution is -2.24. The van der Waals surface area contributed by atoms with Crippen molar-refractivity contribution in [2.75, 3.05) is 18.0 Å². The molecule has 6 nitrogen and oxygen atoms in total. The maximum absolute atomic E-state index is 12.6. The van der Waals surface area contributed by atoms with Gasteiger partial charge in [0, 0.05) is 18.8 Å². The Balaban J connectivity index is 1.37. The number of hydrogen-bond acceptors (Lipinski definition) is 8. The number of hydrogen-bond donors (Lipinski definition) is 0. The minimum Gasteiger partial charge on any atom is -0.458 e. The predicted molar refractivity (Wildman–Crippen MR) is 133 cm³/mol. The van der Waals surface area contributed by atoms with E-state index in [1.165, 1.54) is 34.8 Å². The molecule has 1 aliphatic carbocycles. The highest BCUT2D eigenvalue weighted by molar-refractivity contribution is 7.29. The topological polar surface area (TPSA) is 67.2 Å². The van der Waals surface area contributed by atoms with Crippen molar-refractivity contribution in [2.24, 2.45) is 16.1 Å². The van der Waals surface area contributed by atoms with E-state index in [4.69, 9.17) is 4.74 Å². The van der Waals surface area contributed by atoms with Crippen LogP contribution in [-0.4, -0.2) is 30.1 Å². The lowest BCUT2D eigenvalue weighted by atomic mass is 9.86. The summed E-state index contributed by atoms with van der Waals surface area (Å²) in [6, 6.07) is 9.93. The van der Waals surface area contributed by atoms with E-state index in [1.807, 2.05) is 18.2 Å². The molecule has 170 valence electrons. The van der Waals surface area contributed by atoms with Gasteiger partial charge in [0.1, 0.15) is 15.8 Å². The second kappa shape index (κ2) is 10.5. The van der Waals surface area contributed by atoms with Crippen LogP contribution in [0.2, 0.25) is 0 Å². The van der Waals surface area contributed by atoms with Gasteiger partial charge in [-0.2, -0.15) is 0 Å². The van der Waals surface area contributed by atoms with E-state index < -0.39 is 0 Å². The fourth-order valence-corrected chi connectivity index (χ4v) is 6.07. The molecule has 0 N–H and O–H groups in total. The molecule has 2 aromatic heterocycles. The molecule has 0 amide bonds. The second-order valence-corrected chi connectivity index (χ2v) is 10.2. The number of benzene rings is 1. The predicted octanol–water partition coefficient (Wildman–Crippen LogP) is 7.75. The van der Waals surface area contributed by atoms with E-state index in [0.717, 1.165) is 59.9 Å². The average Bonchev–Trinajstić information content (AvgIpc) is 3.39. The molecule has 4 rings (SSSR count). The van der Waals surface area contributed by atoms with Gasteiger partial charge in [0.25, 0.3) is 0 Å². The van der Waals surface area contributed by atoms with Gasteiger partial charge >= 0.3 is 5.97 Å². The number of carbonyl (C=O) groups excluding carboxylic acids is 1. The summed E-state index contributed by atoms with van der Waals surface area (Å²) in [5.74, 6) is 0.561. The molecule has 0 aliphatic heterocycles. The highest BCUT2D eigenvalue weighted by atomic mass is 32.1. The smallest absolute Gasteiger partial charge is 0.348 e. The lowest BCUT2D eigenvalue weighted by molar-refractivity contribution is 0.0170. The summed E-state index contributed by atoms with van der Waals surface area (Å²) in [7, 11) is 0. The first-order chi connectivity index (χ1) is 15.6. The Bertz CT molecular complexity index is 1030. The van der Waals surface area contributed by atoms with E-state index in [-0.39, 0.29) is 12.1 Å². The molecule has 1 saturated carbocycles. The van der Waals surface area contributed by atoms with Crippen LogP contribution in [-0.2, 0) is 4.74 Å². The van der Waals surface area contributed by atoms with Crippen LogP contribution in [0.15, 0.2) is 40.6 Å². The number of azo groups is 1. The molecule has 8 heteroatoms. The van der Waals surface area contributed by atoms with Gasteiger partial charge in [0.2, 0.25) is 5.13 Å². The molecular formula is C24H30N4O2S2. The summed E-state index contributed by atoms with van der Waals surface area (Å²) in [5.41, 5.74) is 1.98. The van der Waals surface area contributed by atoms with Gasteiger partial charge in [0.15, 0.2) is 0 Å². The average molecular weight is 471 g/mol. The van der Waals surface area contributed by atoms with Gasteiger partial charge < -0.3 is 9.64 Å². The van der Waals surface area contributed by atoms with Crippen LogP contribution in [0.3, 0.4) is 0 Å². The van der Waals surface area contributed by atoms with Gasteiger partial charge in [-0.15, -0.1) is 21.6 Å². The standard InChI is InChI=1S/C24H30N4O2S2/c1-4-16-7-13-19(14-8-16)30-23(29)21-15-20-22(31-21)25-24(32-20)27-26-17-9-11-18(12-10-17)28(5-2)6-3/h9-12,15-16,19H,4-8,13-14H2,1-3H3. The third kappa shape index (κ3) is 5.35. The minimum absolute atomic E-state index is 0.0517. The van der Waals surface area contributed by atoms with E-state index in [1.54, 1.807) is 0 Å². The van der Waals surface area contributed by atoms with Gasteiger partial charge in [-0.1, -0.05) is 24.7 Å². The number of fused-ring (bicyclic) bond motifs is 1. The Kier molecular flexibility index (Phi) is 7.52. The first-order valence-corrected chi connectivity index (χ1v) is 13.1. The molecule has 1 aliphatic rings. The number of aromatic nitrogens is 1. The first-order valence-electron chi connectivity index (χ1n) is 11.5. The summed E-state index contributed by atoms with van der Waals surface area (Å²) in [4.78, 5) is 20.8. The molecular weight excluding hydrogens is 440 g/mol. The zero-order chi connectivity index (χ0) is 22.5. The van der Waals surface area contributed by atoms with E-state index in [2.05, 4.69) is 53.0 Å². The summed E-state index contributed by atoms with van der Waals surface area (Å²) in [5, 5.41) is 9.21. The molecule has 0 spiro atoms. The van der Waals surface area contributed by atoms with Crippen LogP contribution in [0, 0.1) is 5.92 Å².